The molecule has 0 bridgehead atoms. The van der Waals surface area contributed by atoms with Crippen molar-refractivity contribution in [3.8, 4) is 0 Å². The van der Waals surface area contributed by atoms with Crippen LogP contribution in [0.1, 0.15) is 0 Å². The molecule has 13 heavy (non-hydrogen) atoms. The van der Waals surface area contributed by atoms with Gasteiger partial charge in [-0.3, -0.25) is 5.10 Å². The molecule has 0 radical (unpaired) electrons. The lowest BCUT2D eigenvalue weighted by Crippen LogP contribution is -1.94. The first-order chi connectivity index (χ1) is 6.34. The first-order valence-corrected chi connectivity index (χ1v) is 3.96. The van der Waals surface area contributed by atoms with Crippen molar-refractivity contribution >= 4 is 23.2 Å². The van der Waals surface area contributed by atoms with Gasteiger partial charge in [-0.25, -0.2) is 9.97 Å². The van der Waals surface area contributed by atoms with Crippen molar-refractivity contribution in [3.05, 3.63) is 29.8 Å². The Kier molecular flexibility index (Phi) is 2.09. The van der Waals surface area contributed by atoms with Crippen LogP contribution in [-0.2, 0) is 0 Å². The minimum atomic E-state index is 0.371. The maximum absolute atomic E-state index is 5.57. The van der Waals surface area contributed by atoms with E-state index in [2.05, 4.69) is 25.5 Å². The van der Waals surface area contributed by atoms with E-state index in [1.165, 1.54) is 6.20 Å². The van der Waals surface area contributed by atoms with Crippen LogP contribution in [0.4, 0.5) is 11.6 Å². The average Bonchev–Trinajstić information content (AvgIpc) is 2.62. The highest BCUT2D eigenvalue weighted by Crippen LogP contribution is 2.10. The van der Waals surface area contributed by atoms with Crippen LogP contribution in [-0.4, -0.2) is 20.2 Å². The monoisotopic (exact) mass is 195 g/mol. The summed E-state index contributed by atoms with van der Waals surface area (Å²) in [5, 5.41) is 9.84. The molecule has 0 spiro atoms. The van der Waals surface area contributed by atoms with Gasteiger partial charge < -0.3 is 5.32 Å². The van der Waals surface area contributed by atoms with Crippen LogP contribution in [0.2, 0.25) is 5.15 Å². The summed E-state index contributed by atoms with van der Waals surface area (Å²) >= 11 is 5.57. The fourth-order valence-electron chi connectivity index (χ4n) is 0.840. The molecule has 0 saturated heterocycles. The molecule has 0 atom stereocenters. The Balaban J connectivity index is 2.15. The van der Waals surface area contributed by atoms with Crippen LogP contribution in [0.3, 0.4) is 0 Å². The summed E-state index contributed by atoms with van der Waals surface area (Å²) in [5.74, 6) is 1.38. The van der Waals surface area contributed by atoms with Crippen LogP contribution < -0.4 is 5.32 Å². The maximum atomic E-state index is 5.57. The number of aromatic amines is 1. The molecule has 0 aliphatic heterocycles. The summed E-state index contributed by atoms with van der Waals surface area (Å²) in [5.41, 5.74) is 0. The molecule has 5 nitrogen and oxygen atoms in total. The van der Waals surface area contributed by atoms with Crippen LogP contribution >= 0.6 is 11.6 Å². The highest BCUT2D eigenvalue weighted by molar-refractivity contribution is 6.29. The van der Waals surface area contributed by atoms with Crippen molar-refractivity contribution in [2.75, 3.05) is 5.32 Å². The second-order valence-corrected chi connectivity index (χ2v) is 2.71. The van der Waals surface area contributed by atoms with Gasteiger partial charge in [0, 0.05) is 6.07 Å². The molecule has 0 aliphatic carbocycles. The minimum Gasteiger partial charge on any atom is -0.324 e. The van der Waals surface area contributed by atoms with Gasteiger partial charge in [0.15, 0.2) is 0 Å². The lowest BCUT2D eigenvalue weighted by molar-refractivity contribution is 1.09. The fraction of sp³-hybridized carbons (Fsp3) is 0. The molecule has 0 fully saturated rings. The standard InChI is InChI=1S/C7H6ClN5/c8-5-3-10-7(4-9-5)12-6-1-2-11-13-6/h1-4H,(H2,10,11,12,13). The zero-order chi connectivity index (χ0) is 9.10. The van der Waals surface area contributed by atoms with Crippen LogP contribution in [0.5, 0.6) is 0 Å². The summed E-state index contributed by atoms with van der Waals surface area (Å²) in [6.45, 7) is 0. The van der Waals surface area contributed by atoms with Gasteiger partial charge in [0.25, 0.3) is 0 Å². The Hall–Kier alpha value is -1.62. The SMILES string of the molecule is Clc1cnc(Nc2ccn[nH]2)cn1. The number of nitrogens with zero attached hydrogens (tertiary/aromatic N) is 3. The fourth-order valence-corrected chi connectivity index (χ4v) is 0.938. The summed E-state index contributed by atoms with van der Waals surface area (Å²) in [6.07, 6.45) is 4.66. The van der Waals surface area contributed by atoms with E-state index in [1.54, 1.807) is 18.5 Å². The normalized spacial score (nSPS) is 9.92. The Bertz CT molecular complexity index is 368. The average molecular weight is 196 g/mol. The molecular formula is C7H6ClN5. The van der Waals surface area contributed by atoms with E-state index in [0.717, 1.165) is 5.82 Å². The topological polar surface area (TPSA) is 66.5 Å². The van der Waals surface area contributed by atoms with E-state index in [-0.39, 0.29) is 0 Å². The third kappa shape index (κ3) is 1.94. The number of aromatic nitrogens is 4. The molecule has 2 N–H and O–H groups in total. The second-order valence-electron chi connectivity index (χ2n) is 2.32. The number of nitrogens with one attached hydrogen (secondary N) is 2. The number of anilines is 2. The number of hydrogen-bond donors (Lipinski definition) is 2. The predicted molar refractivity (Wildman–Crippen MR) is 48.9 cm³/mol. The van der Waals surface area contributed by atoms with Gasteiger partial charge in [0.1, 0.15) is 16.8 Å². The molecule has 0 aromatic carbocycles. The van der Waals surface area contributed by atoms with Gasteiger partial charge in [-0.15, -0.1) is 0 Å². The molecule has 0 unspecified atom stereocenters. The lowest BCUT2D eigenvalue weighted by atomic mass is 10.6. The van der Waals surface area contributed by atoms with E-state index in [1.807, 2.05) is 0 Å². The van der Waals surface area contributed by atoms with Gasteiger partial charge in [-0.05, 0) is 0 Å². The van der Waals surface area contributed by atoms with Crippen molar-refractivity contribution in [2.24, 2.45) is 0 Å². The molecule has 6 heteroatoms. The van der Waals surface area contributed by atoms with E-state index < -0.39 is 0 Å². The molecule has 0 saturated carbocycles. The van der Waals surface area contributed by atoms with E-state index in [9.17, 15) is 0 Å². The minimum absolute atomic E-state index is 0.371. The van der Waals surface area contributed by atoms with Crippen LogP contribution in [0.25, 0.3) is 0 Å². The third-order valence-corrected chi connectivity index (χ3v) is 1.58. The van der Waals surface area contributed by atoms with Crippen molar-refractivity contribution in [1.29, 1.82) is 0 Å². The molecule has 0 amide bonds. The predicted octanol–water partition coefficient (Wildman–Crippen LogP) is 1.60. The number of rotatable bonds is 2. The summed E-state index contributed by atoms with van der Waals surface area (Å²) < 4.78 is 0. The van der Waals surface area contributed by atoms with Gasteiger partial charge in [-0.2, -0.15) is 5.10 Å². The maximum Gasteiger partial charge on any atom is 0.150 e. The smallest absolute Gasteiger partial charge is 0.150 e. The Morgan fingerprint density at radius 1 is 1.31 bits per heavy atom. The van der Waals surface area contributed by atoms with Gasteiger partial charge in [-0.1, -0.05) is 11.6 Å². The van der Waals surface area contributed by atoms with Crippen molar-refractivity contribution in [3.63, 3.8) is 0 Å². The lowest BCUT2D eigenvalue weighted by Gasteiger charge is -2.00. The zero-order valence-electron chi connectivity index (χ0n) is 6.53. The third-order valence-electron chi connectivity index (χ3n) is 1.38. The van der Waals surface area contributed by atoms with E-state index >= 15 is 0 Å². The first kappa shape index (κ1) is 8.00. The second kappa shape index (κ2) is 3.40. The Labute approximate surface area is 79.2 Å². The van der Waals surface area contributed by atoms with E-state index in [0.29, 0.717) is 11.0 Å². The first-order valence-electron chi connectivity index (χ1n) is 3.58. The zero-order valence-corrected chi connectivity index (χ0v) is 7.28. The molecular weight excluding hydrogens is 190 g/mol. The van der Waals surface area contributed by atoms with E-state index in [4.69, 9.17) is 11.6 Å². The molecule has 2 rings (SSSR count). The molecule has 2 aromatic heterocycles. The quantitative estimate of drug-likeness (QED) is 0.764. The summed E-state index contributed by atoms with van der Waals surface area (Å²) in [7, 11) is 0. The van der Waals surface area contributed by atoms with Crippen molar-refractivity contribution < 1.29 is 0 Å². The van der Waals surface area contributed by atoms with Gasteiger partial charge in [0.2, 0.25) is 0 Å². The number of H-pyrrole nitrogens is 1. The highest BCUT2D eigenvalue weighted by atomic mass is 35.5. The largest absolute Gasteiger partial charge is 0.324 e. The molecule has 2 aromatic rings. The number of hydrogen-bond acceptors (Lipinski definition) is 4. The molecule has 66 valence electrons. The molecule has 0 aliphatic rings. The van der Waals surface area contributed by atoms with Crippen molar-refractivity contribution in [1.82, 2.24) is 20.2 Å². The Morgan fingerprint density at radius 3 is 2.85 bits per heavy atom. The van der Waals surface area contributed by atoms with Gasteiger partial charge >= 0.3 is 0 Å². The Morgan fingerprint density at radius 2 is 2.23 bits per heavy atom. The summed E-state index contributed by atoms with van der Waals surface area (Å²) in [4.78, 5) is 7.87. The van der Waals surface area contributed by atoms with Crippen molar-refractivity contribution in [2.45, 2.75) is 0 Å². The van der Waals surface area contributed by atoms with Crippen LogP contribution in [0, 0.1) is 0 Å². The molecule has 2 heterocycles. The highest BCUT2D eigenvalue weighted by Gasteiger charge is 1.96. The summed E-state index contributed by atoms with van der Waals surface area (Å²) in [6, 6.07) is 1.79. The van der Waals surface area contributed by atoms with Gasteiger partial charge in [0.05, 0.1) is 18.6 Å². The number of halogens is 1. The van der Waals surface area contributed by atoms with Crippen LogP contribution in [0.15, 0.2) is 24.7 Å².